The molecule has 0 saturated heterocycles. The van der Waals surface area contributed by atoms with Crippen molar-refractivity contribution >= 4 is 28.5 Å². The number of hydrogen-bond donors (Lipinski definition) is 1. The maximum atomic E-state index is 10.7. The predicted octanol–water partition coefficient (Wildman–Crippen LogP) is 4.01. The van der Waals surface area contributed by atoms with Crippen molar-refractivity contribution in [3.05, 3.63) is 17.0 Å². The third-order valence-electron chi connectivity index (χ3n) is 1.86. The number of aliphatic imine (C=N–C) groups is 2. The molecule has 0 bridgehead atoms. The molecule has 1 aromatic carbocycles. The van der Waals surface area contributed by atoms with Gasteiger partial charge in [0.2, 0.25) is 0 Å². The van der Waals surface area contributed by atoms with E-state index in [1.54, 1.807) is 27.7 Å². The zero-order valence-corrected chi connectivity index (χ0v) is 10.4. The number of hydrogen-bond acceptors (Lipinski definition) is 5. The highest BCUT2D eigenvalue weighted by molar-refractivity contribution is 5.87. The van der Waals surface area contributed by atoms with Gasteiger partial charge in [-0.2, -0.15) is 0 Å². The van der Waals surface area contributed by atoms with Gasteiger partial charge in [0.15, 0.2) is 0 Å². The largest absolute Gasteiger partial charge is 0.506 e. The van der Waals surface area contributed by atoms with E-state index in [0.29, 0.717) is 11.4 Å². The topological polar surface area (TPSA) is 74.4 Å². The quantitative estimate of drug-likeness (QED) is 0.632. The van der Waals surface area contributed by atoms with Gasteiger partial charge < -0.3 is 5.11 Å². The molecule has 5 heteroatoms. The lowest BCUT2D eigenvalue weighted by molar-refractivity contribution is 0.477. The molecule has 0 fully saturated rings. The van der Waals surface area contributed by atoms with Gasteiger partial charge >= 0.3 is 0 Å². The van der Waals surface area contributed by atoms with Gasteiger partial charge in [-0.05, 0) is 38.9 Å². The van der Waals surface area contributed by atoms with Crippen molar-refractivity contribution in [1.29, 1.82) is 0 Å². The molecule has 0 aliphatic carbocycles. The van der Waals surface area contributed by atoms with Crippen molar-refractivity contribution in [2.45, 2.75) is 27.7 Å². The smallest absolute Gasteiger partial charge is 0.143 e. The maximum Gasteiger partial charge on any atom is 0.143 e. The van der Waals surface area contributed by atoms with E-state index >= 15 is 0 Å². The van der Waals surface area contributed by atoms with Crippen LogP contribution in [0.15, 0.2) is 27.3 Å². The first-order valence-corrected chi connectivity index (χ1v) is 5.18. The predicted molar refractivity (Wildman–Crippen MR) is 70.4 cm³/mol. The van der Waals surface area contributed by atoms with Crippen molar-refractivity contribution in [2.24, 2.45) is 15.2 Å². The second-order valence-electron chi connectivity index (χ2n) is 4.04. The molecular weight excluding hydrogens is 218 g/mol. The molecular formula is C12H15N3O2. The SMILES string of the molecule is CC(C)=Nc1cc(N=O)c(N=C(C)C)cc1O. The van der Waals surface area contributed by atoms with E-state index in [2.05, 4.69) is 15.2 Å². The summed E-state index contributed by atoms with van der Waals surface area (Å²) in [5.41, 5.74) is 2.40. The summed E-state index contributed by atoms with van der Waals surface area (Å²) in [6, 6.07) is 2.82. The molecule has 0 saturated carbocycles. The van der Waals surface area contributed by atoms with E-state index in [4.69, 9.17) is 0 Å². The Morgan fingerprint density at radius 2 is 1.47 bits per heavy atom. The lowest BCUT2D eigenvalue weighted by Crippen LogP contribution is -1.82. The molecule has 0 unspecified atom stereocenters. The Labute approximate surface area is 99.9 Å². The minimum absolute atomic E-state index is 0.0152. The fourth-order valence-corrected chi connectivity index (χ4v) is 1.29. The zero-order chi connectivity index (χ0) is 13.0. The maximum absolute atomic E-state index is 10.7. The van der Waals surface area contributed by atoms with Crippen LogP contribution in [0.2, 0.25) is 0 Å². The summed E-state index contributed by atoms with van der Waals surface area (Å²) in [5, 5.41) is 12.6. The third-order valence-corrected chi connectivity index (χ3v) is 1.86. The van der Waals surface area contributed by atoms with E-state index < -0.39 is 0 Å². The molecule has 90 valence electrons. The third kappa shape index (κ3) is 3.48. The van der Waals surface area contributed by atoms with Gasteiger partial charge in [-0.1, -0.05) is 0 Å². The zero-order valence-electron chi connectivity index (χ0n) is 10.4. The van der Waals surface area contributed by atoms with Gasteiger partial charge in [0.1, 0.15) is 17.1 Å². The average molecular weight is 233 g/mol. The van der Waals surface area contributed by atoms with E-state index in [9.17, 15) is 10.0 Å². The molecule has 1 N–H and O–H groups in total. The van der Waals surface area contributed by atoms with Crippen LogP contribution in [0.1, 0.15) is 27.7 Å². The Bertz CT molecular complexity index is 497. The number of nitrogens with zero attached hydrogens (tertiary/aromatic N) is 3. The summed E-state index contributed by atoms with van der Waals surface area (Å²) in [5.74, 6) is -0.0152. The molecule has 0 atom stereocenters. The molecule has 17 heavy (non-hydrogen) atoms. The Morgan fingerprint density at radius 3 is 1.94 bits per heavy atom. The van der Waals surface area contributed by atoms with Crippen LogP contribution in [-0.4, -0.2) is 16.5 Å². The summed E-state index contributed by atoms with van der Waals surface area (Å²) in [6.07, 6.45) is 0. The van der Waals surface area contributed by atoms with Crippen molar-refractivity contribution < 1.29 is 5.11 Å². The van der Waals surface area contributed by atoms with E-state index in [1.165, 1.54) is 12.1 Å². The molecule has 0 aliphatic rings. The normalized spacial score (nSPS) is 9.65. The van der Waals surface area contributed by atoms with Crippen LogP contribution < -0.4 is 0 Å². The standard InChI is InChI=1S/C12H15N3O2/c1-7(2)13-9-6-12(16)11(14-8(3)4)5-10(9)15-17/h5-6,16H,1-4H3. The summed E-state index contributed by atoms with van der Waals surface area (Å²) < 4.78 is 0. The number of nitroso groups, excluding NO2 is 1. The van der Waals surface area contributed by atoms with Crippen LogP contribution >= 0.6 is 0 Å². The van der Waals surface area contributed by atoms with Crippen LogP contribution in [0.25, 0.3) is 0 Å². The van der Waals surface area contributed by atoms with Crippen molar-refractivity contribution in [1.82, 2.24) is 0 Å². The first-order chi connectivity index (χ1) is 7.93. The second-order valence-corrected chi connectivity index (χ2v) is 4.04. The fourth-order valence-electron chi connectivity index (χ4n) is 1.29. The fraction of sp³-hybridized carbons (Fsp3) is 0.333. The monoisotopic (exact) mass is 233 g/mol. The van der Waals surface area contributed by atoms with Gasteiger partial charge in [0.25, 0.3) is 0 Å². The Hall–Kier alpha value is -2.04. The summed E-state index contributed by atoms with van der Waals surface area (Å²) in [4.78, 5) is 18.9. The second kappa shape index (κ2) is 5.34. The summed E-state index contributed by atoms with van der Waals surface area (Å²) in [7, 11) is 0. The summed E-state index contributed by atoms with van der Waals surface area (Å²) in [6.45, 7) is 7.20. The van der Waals surface area contributed by atoms with Gasteiger partial charge in [0.05, 0.1) is 5.69 Å². The molecule has 0 spiro atoms. The lowest BCUT2D eigenvalue weighted by atomic mass is 10.2. The molecule has 1 rings (SSSR count). The molecule has 1 aromatic rings. The summed E-state index contributed by atoms with van der Waals surface area (Å²) >= 11 is 0. The highest BCUT2D eigenvalue weighted by Gasteiger charge is 2.09. The number of benzene rings is 1. The number of aromatic hydroxyl groups is 1. The Kier molecular flexibility index (Phi) is 4.09. The van der Waals surface area contributed by atoms with Gasteiger partial charge in [-0.15, -0.1) is 4.91 Å². The van der Waals surface area contributed by atoms with Crippen LogP contribution in [0.3, 0.4) is 0 Å². The van der Waals surface area contributed by atoms with Crippen LogP contribution in [0.5, 0.6) is 5.75 Å². The van der Waals surface area contributed by atoms with Gasteiger partial charge in [0, 0.05) is 17.5 Å². The lowest BCUT2D eigenvalue weighted by Gasteiger charge is -2.04. The highest BCUT2D eigenvalue weighted by atomic mass is 16.3. The van der Waals surface area contributed by atoms with Crippen molar-refractivity contribution in [2.75, 3.05) is 0 Å². The van der Waals surface area contributed by atoms with E-state index in [-0.39, 0.29) is 11.4 Å². The first-order valence-electron chi connectivity index (χ1n) is 5.18. The van der Waals surface area contributed by atoms with Gasteiger partial charge in [-0.3, -0.25) is 9.98 Å². The Balaban J connectivity index is 3.39. The molecule has 0 heterocycles. The van der Waals surface area contributed by atoms with Crippen LogP contribution in [0, 0.1) is 4.91 Å². The van der Waals surface area contributed by atoms with E-state index in [0.717, 1.165) is 11.4 Å². The number of phenolic OH excluding ortho intramolecular Hbond substituents is 1. The van der Waals surface area contributed by atoms with Crippen LogP contribution in [-0.2, 0) is 0 Å². The molecule has 0 radical (unpaired) electrons. The van der Waals surface area contributed by atoms with Crippen LogP contribution in [0.4, 0.5) is 17.1 Å². The first kappa shape index (κ1) is 13.0. The van der Waals surface area contributed by atoms with E-state index in [1.807, 2.05) is 0 Å². The molecule has 0 amide bonds. The molecule has 0 aliphatic heterocycles. The number of rotatable bonds is 3. The molecule has 5 nitrogen and oxygen atoms in total. The Morgan fingerprint density at radius 1 is 0.941 bits per heavy atom. The molecule has 0 aromatic heterocycles. The minimum atomic E-state index is -0.0152. The van der Waals surface area contributed by atoms with Crippen molar-refractivity contribution in [3.63, 3.8) is 0 Å². The van der Waals surface area contributed by atoms with Gasteiger partial charge in [-0.25, -0.2) is 0 Å². The minimum Gasteiger partial charge on any atom is -0.506 e. The van der Waals surface area contributed by atoms with Crippen molar-refractivity contribution in [3.8, 4) is 5.75 Å². The number of phenols is 1. The average Bonchev–Trinajstić information content (AvgIpc) is 2.20. The highest BCUT2D eigenvalue weighted by Crippen LogP contribution is 2.39.